The molecule has 1 aliphatic rings. The second-order valence-electron chi connectivity index (χ2n) is 15.7. The first-order chi connectivity index (χ1) is 28.0. The molecular weight excluding hydrogens is 691 g/mol. The van der Waals surface area contributed by atoms with E-state index in [1.807, 2.05) is 0 Å². The lowest BCUT2D eigenvalue weighted by atomic mass is 9.82. The van der Waals surface area contributed by atoms with Crippen LogP contribution in [-0.2, 0) is 5.41 Å². The second kappa shape index (κ2) is 12.9. The average Bonchev–Trinajstić information content (AvgIpc) is 3.50. The number of pyridine rings is 1. The van der Waals surface area contributed by atoms with E-state index in [1.54, 1.807) is 0 Å². The summed E-state index contributed by atoms with van der Waals surface area (Å²) in [6.45, 7) is 4.65. The Bertz CT molecular complexity index is 3100. The maximum Gasteiger partial charge on any atom is 0.160 e. The molecule has 0 saturated carbocycles. The van der Waals surface area contributed by atoms with Crippen LogP contribution in [0.2, 0.25) is 0 Å². The first-order valence-electron chi connectivity index (χ1n) is 19.6. The highest BCUT2D eigenvalue weighted by molar-refractivity contribution is 6.02. The van der Waals surface area contributed by atoms with Crippen molar-refractivity contribution in [3.05, 3.63) is 199 Å². The summed E-state index contributed by atoms with van der Waals surface area (Å²) in [4.78, 5) is 15.8. The molecule has 0 fully saturated rings. The van der Waals surface area contributed by atoms with Crippen LogP contribution in [-0.4, -0.2) is 15.0 Å². The van der Waals surface area contributed by atoms with Crippen LogP contribution in [0, 0.1) is 0 Å². The van der Waals surface area contributed by atoms with Crippen LogP contribution in [0.25, 0.3) is 99.9 Å². The van der Waals surface area contributed by atoms with E-state index in [-0.39, 0.29) is 5.41 Å². The smallest absolute Gasteiger partial charge is 0.160 e. The molecule has 3 nitrogen and oxygen atoms in total. The average molecular weight is 728 g/mol. The molecule has 11 rings (SSSR count). The summed E-state index contributed by atoms with van der Waals surface area (Å²) in [6, 6.07) is 67.2. The summed E-state index contributed by atoms with van der Waals surface area (Å²) < 4.78 is 0. The molecule has 2 heterocycles. The molecule has 0 spiro atoms. The van der Waals surface area contributed by atoms with E-state index < -0.39 is 0 Å². The number of fused-ring (bicyclic) bond motifs is 6. The van der Waals surface area contributed by atoms with Crippen molar-refractivity contribution in [1.82, 2.24) is 15.0 Å². The zero-order chi connectivity index (χ0) is 38.1. The second-order valence-corrected chi connectivity index (χ2v) is 15.7. The van der Waals surface area contributed by atoms with Crippen molar-refractivity contribution in [3.63, 3.8) is 0 Å². The Morgan fingerprint density at radius 2 is 0.877 bits per heavy atom. The summed E-state index contributed by atoms with van der Waals surface area (Å²) in [5, 5.41) is 5.92. The summed E-state index contributed by atoms with van der Waals surface area (Å²) in [5.41, 5.74) is 15.4. The third-order valence-electron chi connectivity index (χ3n) is 11.9. The summed E-state index contributed by atoms with van der Waals surface area (Å²) >= 11 is 0. The zero-order valence-electron chi connectivity index (χ0n) is 31.7. The molecule has 57 heavy (non-hydrogen) atoms. The Morgan fingerprint density at radius 1 is 0.333 bits per heavy atom. The van der Waals surface area contributed by atoms with E-state index in [0.717, 1.165) is 61.4 Å². The number of hydrogen-bond acceptors (Lipinski definition) is 3. The largest absolute Gasteiger partial charge is 0.248 e. The summed E-state index contributed by atoms with van der Waals surface area (Å²) in [7, 11) is 0. The van der Waals surface area contributed by atoms with Crippen LogP contribution in [0.15, 0.2) is 188 Å². The Morgan fingerprint density at radius 3 is 1.54 bits per heavy atom. The van der Waals surface area contributed by atoms with Gasteiger partial charge in [-0.25, -0.2) is 15.0 Å². The van der Waals surface area contributed by atoms with E-state index in [0.29, 0.717) is 5.82 Å². The SMILES string of the molecule is CC1(C)c2ccccc2-c2cc3c(-c4ccc(-c5nc(-c6ccc7ccccc7c6)cc(-c6ccc7ccccc7c6)n5)cc4)cc(-c4ccccc4)nc3cc21. The fourth-order valence-corrected chi connectivity index (χ4v) is 8.78. The lowest BCUT2D eigenvalue weighted by molar-refractivity contribution is 0.661. The van der Waals surface area contributed by atoms with Gasteiger partial charge in [-0.05, 0) is 91.3 Å². The third kappa shape index (κ3) is 5.62. The van der Waals surface area contributed by atoms with Crippen molar-refractivity contribution in [2.75, 3.05) is 0 Å². The molecule has 0 radical (unpaired) electrons. The number of benzene rings is 8. The van der Waals surface area contributed by atoms with Crippen LogP contribution in [0.3, 0.4) is 0 Å². The van der Waals surface area contributed by atoms with Gasteiger partial charge in [-0.1, -0.05) is 166 Å². The summed E-state index contributed by atoms with van der Waals surface area (Å²) in [6.07, 6.45) is 0. The van der Waals surface area contributed by atoms with Crippen molar-refractivity contribution in [3.8, 4) is 67.4 Å². The molecule has 0 amide bonds. The lowest BCUT2D eigenvalue weighted by Gasteiger charge is -2.22. The first kappa shape index (κ1) is 33.1. The van der Waals surface area contributed by atoms with E-state index in [2.05, 4.69) is 202 Å². The zero-order valence-corrected chi connectivity index (χ0v) is 31.7. The number of rotatable bonds is 5. The Labute approximate surface area is 332 Å². The number of hydrogen-bond donors (Lipinski definition) is 0. The predicted octanol–water partition coefficient (Wildman–Crippen LogP) is 14.0. The fourth-order valence-electron chi connectivity index (χ4n) is 8.78. The van der Waals surface area contributed by atoms with Gasteiger partial charge in [0.25, 0.3) is 0 Å². The molecule has 268 valence electrons. The van der Waals surface area contributed by atoms with E-state index >= 15 is 0 Å². The highest BCUT2D eigenvalue weighted by Crippen LogP contribution is 2.50. The van der Waals surface area contributed by atoms with Gasteiger partial charge in [-0.15, -0.1) is 0 Å². The fraction of sp³-hybridized carbons (Fsp3) is 0.0556. The van der Waals surface area contributed by atoms with Gasteiger partial charge < -0.3 is 0 Å². The Hall–Kier alpha value is -7.23. The molecule has 8 aromatic carbocycles. The predicted molar refractivity (Wildman–Crippen MR) is 237 cm³/mol. The third-order valence-corrected chi connectivity index (χ3v) is 11.9. The minimum absolute atomic E-state index is 0.112. The van der Waals surface area contributed by atoms with E-state index in [9.17, 15) is 0 Å². The highest BCUT2D eigenvalue weighted by atomic mass is 14.9. The maximum atomic E-state index is 5.30. The molecule has 10 aromatic rings. The Balaban J connectivity index is 1.07. The molecule has 0 unspecified atom stereocenters. The van der Waals surface area contributed by atoms with Gasteiger partial charge in [0.2, 0.25) is 0 Å². The molecular formula is C54H37N3. The monoisotopic (exact) mass is 727 g/mol. The van der Waals surface area contributed by atoms with Crippen LogP contribution < -0.4 is 0 Å². The standard InChI is InChI=1S/C54H37N3/c1-54(2)47-19-11-10-18-43(47)45-30-46-44(31-49(37-14-4-3-5-15-37)55-52(46)32-48(45)54)36-22-24-38(25-23-36)53-56-50(41-26-20-34-12-6-8-16-39(34)28-41)33-51(57-53)42-27-21-35-13-7-9-17-40(35)29-42/h3-33H,1-2H3. The Kier molecular flexibility index (Phi) is 7.52. The molecule has 0 aliphatic heterocycles. The van der Waals surface area contributed by atoms with Crippen LogP contribution in [0.4, 0.5) is 0 Å². The number of aromatic nitrogens is 3. The van der Waals surface area contributed by atoms with Gasteiger partial charge in [0.05, 0.1) is 22.6 Å². The molecule has 0 atom stereocenters. The van der Waals surface area contributed by atoms with Crippen molar-refractivity contribution in [1.29, 1.82) is 0 Å². The van der Waals surface area contributed by atoms with Gasteiger partial charge in [-0.2, -0.15) is 0 Å². The molecule has 0 saturated heterocycles. The highest BCUT2D eigenvalue weighted by Gasteiger charge is 2.35. The van der Waals surface area contributed by atoms with Crippen LogP contribution >= 0.6 is 0 Å². The van der Waals surface area contributed by atoms with Crippen molar-refractivity contribution >= 4 is 32.4 Å². The van der Waals surface area contributed by atoms with Gasteiger partial charge in [0, 0.05) is 33.1 Å². The van der Waals surface area contributed by atoms with Gasteiger partial charge >= 0.3 is 0 Å². The van der Waals surface area contributed by atoms with Crippen LogP contribution in [0.1, 0.15) is 25.0 Å². The quantitative estimate of drug-likeness (QED) is 0.177. The van der Waals surface area contributed by atoms with Crippen molar-refractivity contribution in [2.24, 2.45) is 0 Å². The topological polar surface area (TPSA) is 38.7 Å². The summed E-state index contributed by atoms with van der Waals surface area (Å²) in [5.74, 6) is 0.691. The van der Waals surface area contributed by atoms with E-state index in [1.165, 1.54) is 43.8 Å². The molecule has 3 heteroatoms. The molecule has 2 aromatic heterocycles. The minimum atomic E-state index is -0.112. The maximum absolute atomic E-state index is 5.30. The van der Waals surface area contributed by atoms with Gasteiger partial charge in [-0.3, -0.25) is 0 Å². The van der Waals surface area contributed by atoms with Gasteiger partial charge in [0.1, 0.15) is 0 Å². The molecule has 1 aliphatic carbocycles. The van der Waals surface area contributed by atoms with Crippen molar-refractivity contribution in [2.45, 2.75) is 19.3 Å². The van der Waals surface area contributed by atoms with Crippen molar-refractivity contribution < 1.29 is 0 Å². The molecule has 0 N–H and O–H groups in total. The molecule has 0 bridgehead atoms. The van der Waals surface area contributed by atoms with Crippen LogP contribution in [0.5, 0.6) is 0 Å². The first-order valence-corrected chi connectivity index (χ1v) is 19.6. The lowest BCUT2D eigenvalue weighted by Crippen LogP contribution is -2.14. The van der Waals surface area contributed by atoms with E-state index in [4.69, 9.17) is 15.0 Å². The van der Waals surface area contributed by atoms with Gasteiger partial charge in [0.15, 0.2) is 5.82 Å². The number of nitrogens with zero attached hydrogens (tertiary/aromatic N) is 3. The normalized spacial score (nSPS) is 12.9. The minimum Gasteiger partial charge on any atom is -0.248 e.